The molecule has 1 unspecified atom stereocenters. The van der Waals surface area contributed by atoms with Crippen LogP contribution in [0.4, 0.5) is 0 Å². The molecule has 2 N–H and O–H groups in total. The van der Waals surface area contributed by atoms with Crippen LogP contribution in [0.15, 0.2) is 22.8 Å². The lowest BCUT2D eigenvalue weighted by atomic mass is 9.74. The minimum absolute atomic E-state index is 0.0305. The zero-order valence-corrected chi connectivity index (χ0v) is 11.7. The highest BCUT2D eigenvalue weighted by atomic mass is 16.4. The van der Waals surface area contributed by atoms with Gasteiger partial charge in [0.25, 0.3) is 0 Å². The van der Waals surface area contributed by atoms with Crippen molar-refractivity contribution in [2.24, 2.45) is 5.41 Å². The molecule has 0 spiro atoms. The van der Waals surface area contributed by atoms with Crippen LogP contribution in [0, 0.1) is 16.7 Å². The fourth-order valence-corrected chi connectivity index (χ4v) is 2.64. The van der Waals surface area contributed by atoms with E-state index in [1.54, 1.807) is 19.1 Å². The van der Waals surface area contributed by atoms with E-state index in [0.717, 1.165) is 19.3 Å². The Hall–Kier alpha value is -1.80. The van der Waals surface area contributed by atoms with Gasteiger partial charge in [0, 0.05) is 0 Å². The van der Waals surface area contributed by atoms with E-state index in [0.29, 0.717) is 18.6 Å². The minimum Gasteiger partial charge on any atom is -0.466 e. The summed E-state index contributed by atoms with van der Waals surface area (Å²) in [6.07, 6.45) is 5.53. The van der Waals surface area contributed by atoms with Crippen LogP contribution in [0.1, 0.15) is 44.8 Å². The Morgan fingerprint density at radius 1 is 1.55 bits per heavy atom. The third-order valence-electron chi connectivity index (χ3n) is 4.00. The number of aliphatic hydroxyl groups is 1. The summed E-state index contributed by atoms with van der Waals surface area (Å²) < 4.78 is 5.16. The summed E-state index contributed by atoms with van der Waals surface area (Å²) in [5, 5.41) is 22.3. The fourth-order valence-electron chi connectivity index (χ4n) is 2.64. The molecule has 0 radical (unpaired) electrons. The van der Waals surface area contributed by atoms with Gasteiger partial charge in [-0.15, -0.1) is 0 Å². The lowest BCUT2D eigenvalue weighted by Crippen LogP contribution is -2.46. The molecule has 1 aliphatic carbocycles. The molecule has 1 aromatic rings. The Labute approximate surface area is 118 Å². The first-order valence-corrected chi connectivity index (χ1v) is 6.96. The Morgan fingerprint density at radius 3 is 2.80 bits per heavy atom. The quantitative estimate of drug-likeness (QED) is 0.881. The molecule has 1 fully saturated rings. The summed E-state index contributed by atoms with van der Waals surface area (Å²) in [4.78, 5) is 12.3. The monoisotopic (exact) mass is 276 g/mol. The summed E-state index contributed by atoms with van der Waals surface area (Å²) in [7, 11) is 0. The van der Waals surface area contributed by atoms with Crippen LogP contribution in [0.5, 0.6) is 0 Å². The number of hydrogen-bond donors (Lipinski definition) is 2. The number of rotatable bonds is 4. The molecule has 0 aromatic carbocycles. The van der Waals surface area contributed by atoms with Gasteiger partial charge in [-0.1, -0.05) is 19.3 Å². The lowest BCUT2D eigenvalue weighted by molar-refractivity contribution is -0.131. The Morgan fingerprint density at radius 2 is 2.25 bits per heavy atom. The maximum absolute atomic E-state index is 12.3. The number of amides is 1. The van der Waals surface area contributed by atoms with Crippen molar-refractivity contribution in [3.63, 3.8) is 0 Å². The molecule has 5 heteroatoms. The SMILES string of the molecule is CC(O)(CNC(=O)C1(C#N)CCCCC1)c1ccco1. The second-order valence-electron chi connectivity index (χ2n) is 5.69. The van der Waals surface area contributed by atoms with E-state index < -0.39 is 11.0 Å². The van der Waals surface area contributed by atoms with Crippen molar-refractivity contribution in [3.05, 3.63) is 24.2 Å². The molecule has 0 saturated heterocycles. The van der Waals surface area contributed by atoms with E-state index in [4.69, 9.17) is 4.42 Å². The molecule has 1 aliphatic rings. The highest BCUT2D eigenvalue weighted by molar-refractivity contribution is 5.85. The Balaban J connectivity index is 2.00. The number of furan rings is 1. The fraction of sp³-hybridized carbons (Fsp3) is 0.600. The van der Waals surface area contributed by atoms with Crippen molar-refractivity contribution >= 4 is 5.91 Å². The van der Waals surface area contributed by atoms with Gasteiger partial charge >= 0.3 is 0 Å². The Bertz CT molecular complexity index is 494. The standard InChI is InChI=1S/C15H20N2O3/c1-14(19,12-6-5-9-20-12)11-17-13(18)15(10-16)7-3-2-4-8-15/h5-6,9,19H,2-4,7-8,11H2,1H3,(H,17,18). The molecule has 1 aromatic heterocycles. The van der Waals surface area contributed by atoms with Crippen molar-refractivity contribution in [1.29, 1.82) is 5.26 Å². The first-order valence-electron chi connectivity index (χ1n) is 6.96. The minimum atomic E-state index is -1.27. The van der Waals surface area contributed by atoms with Gasteiger partial charge in [-0.3, -0.25) is 4.79 Å². The highest BCUT2D eigenvalue weighted by Gasteiger charge is 2.40. The van der Waals surface area contributed by atoms with E-state index in [1.807, 2.05) is 0 Å². The number of hydrogen-bond acceptors (Lipinski definition) is 4. The molecule has 1 saturated carbocycles. The summed E-state index contributed by atoms with van der Waals surface area (Å²) in [5.41, 5.74) is -2.21. The van der Waals surface area contributed by atoms with Gasteiger partial charge in [0.05, 0.1) is 18.9 Å². The highest BCUT2D eigenvalue weighted by Crippen LogP contribution is 2.36. The van der Waals surface area contributed by atoms with Gasteiger partial charge in [0.1, 0.15) is 16.8 Å². The average Bonchev–Trinajstić information content (AvgIpc) is 3.00. The largest absolute Gasteiger partial charge is 0.466 e. The predicted octanol–water partition coefficient (Wildman–Crippen LogP) is 2.08. The molecular formula is C15H20N2O3. The van der Waals surface area contributed by atoms with Crippen LogP contribution in [-0.2, 0) is 10.4 Å². The second-order valence-corrected chi connectivity index (χ2v) is 5.69. The lowest BCUT2D eigenvalue weighted by Gasteiger charge is -2.30. The number of carbonyl (C=O) groups excluding carboxylic acids is 1. The Kier molecular flexibility index (Phi) is 4.15. The zero-order chi connectivity index (χ0) is 14.6. The van der Waals surface area contributed by atoms with Crippen molar-refractivity contribution in [2.45, 2.75) is 44.6 Å². The third kappa shape index (κ3) is 2.86. The van der Waals surface area contributed by atoms with E-state index in [1.165, 1.54) is 6.26 Å². The van der Waals surface area contributed by atoms with Crippen molar-refractivity contribution in [1.82, 2.24) is 5.32 Å². The van der Waals surface area contributed by atoms with Gasteiger partial charge in [-0.2, -0.15) is 5.26 Å². The predicted molar refractivity (Wildman–Crippen MR) is 72.4 cm³/mol. The van der Waals surface area contributed by atoms with Gasteiger partial charge in [-0.05, 0) is 31.9 Å². The molecule has 5 nitrogen and oxygen atoms in total. The second kappa shape index (κ2) is 5.68. The summed E-state index contributed by atoms with van der Waals surface area (Å²) in [6, 6.07) is 5.51. The maximum atomic E-state index is 12.3. The van der Waals surface area contributed by atoms with Crippen LogP contribution >= 0.6 is 0 Å². The third-order valence-corrected chi connectivity index (χ3v) is 4.00. The smallest absolute Gasteiger partial charge is 0.240 e. The molecule has 1 heterocycles. The van der Waals surface area contributed by atoms with E-state index in [9.17, 15) is 15.2 Å². The first-order chi connectivity index (χ1) is 9.50. The summed E-state index contributed by atoms with van der Waals surface area (Å²) >= 11 is 0. The van der Waals surface area contributed by atoms with Crippen molar-refractivity contribution < 1.29 is 14.3 Å². The maximum Gasteiger partial charge on any atom is 0.240 e. The molecule has 20 heavy (non-hydrogen) atoms. The molecule has 1 amide bonds. The molecule has 108 valence electrons. The van der Waals surface area contributed by atoms with E-state index in [2.05, 4.69) is 11.4 Å². The van der Waals surface area contributed by atoms with Gasteiger partial charge in [-0.25, -0.2) is 0 Å². The first kappa shape index (κ1) is 14.6. The number of nitrogens with one attached hydrogen (secondary N) is 1. The number of nitriles is 1. The molecule has 2 rings (SSSR count). The average molecular weight is 276 g/mol. The van der Waals surface area contributed by atoms with Crippen LogP contribution in [0.2, 0.25) is 0 Å². The molecule has 1 atom stereocenters. The molecule has 0 bridgehead atoms. The number of nitrogens with zero attached hydrogens (tertiary/aromatic N) is 1. The topological polar surface area (TPSA) is 86.3 Å². The van der Waals surface area contributed by atoms with Crippen LogP contribution in [-0.4, -0.2) is 17.6 Å². The van der Waals surface area contributed by atoms with Gasteiger partial charge in [0.15, 0.2) is 0 Å². The normalized spacial score (nSPS) is 20.6. The number of carbonyl (C=O) groups is 1. The van der Waals surface area contributed by atoms with Crippen LogP contribution in [0.3, 0.4) is 0 Å². The van der Waals surface area contributed by atoms with Crippen molar-refractivity contribution in [2.75, 3.05) is 6.54 Å². The van der Waals surface area contributed by atoms with E-state index >= 15 is 0 Å². The van der Waals surface area contributed by atoms with Gasteiger partial charge in [0.2, 0.25) is 5.91 Å². The van der Waals surface area contributed by atoms with Crippen LogP contribution < -0.4 is 5.32 Å². The molecule has 0 aliphatic heterocycles. The van der Waals surface area contributed by atoms with Crippen LogP contribution in [0.25, 0.3) is 0 Å². The summed E-state index contributed by atoms with van der Waals surface area (Å²) in [6.45, 7) is 1.61. The van der Waals surface area contributed by atoms with Gasteiger partial charge < -0.3 is 14.8 Å². The molecular weight excluding hydrogens is 256 g/mol. The summed E-state index contributed by atoms with van der Waals surface area (Å²) in [5.74, 6) is 0.110. The van der Waals surface area contributed by atoms with Crippen molar-refractivity contribution in [3.8, 4) is 6.07 Å². The zero-order valence-electron chi connectivity index (χ0n) is 11.7. The van der Waals surface area contributed by atoms with E-state index in [-0.39, 0.29) is 12.5 Å².